The lowest BCUT2D eigenvalue weighted by atomic mass is 9.79. The minimum absolute atomic E-state index is 0.0602. The van der Waals surface area contributed by atoms with Gasteiger partial charge in [-0.15, -0.1) is 5.10 Å². The Morgan fingerprint density at radius 3 is 2.52 bits per heavy atom. The van der Waals surface area contributed by atoms with E-state index in [0.29, 0.717) is 11.5 Å². The van der Waals surface area contributed by atoms with Gasteiger partial charge in [0, 0.05) is 11.1 Å². The lowest BCUT2D eigenvalue weighted by Crippen LogP contribution is -2.23. The summed E-state index contributed by atoms with van der Waals surface area (Å²) in [6, 6.07) is 8.89. The molecule has 6 nitrogen and oxygen atoms in total. The number of fused-ring (bicyclic) bond motifs is 1. The van der Waals surface area contributed by atoms with Crippen LogP contribution in [-0.2, 0) is 5.41 Å². The van der Waals surface area contributed by atoms with Crippen molar-refractivity contribution in [2.24, 2.45) is 5.73 Å². The molecule has 1 aromatic carbocycles. The summed E-state index contributed by atoms with van der Waals surface area (Å²) in [6.45, 7) is 6.17. The van der Waals surface area contributed by atoms with E-state index in [9.17, 15) is 10.4 Å². The van der Waals surface area contributed by atoms with Crippen LogP contribution in [0.5, 0.6) is 11.6 Å². The number of aromatic amines is 1. The Labute approximate surface area is 134 Å². The summed E-state index contributed by atoms with van der Waals surface area (Å²) in [5, 5.41) is 26.3. The van der Waals surface area contributed by atoms with Crippen molar-refractivity contribution in [2.45, 2.75) is 32.1 Å². The Bertz CT molecular complexity index is 820. The Morgan fingerprint density at radius 2 is 1.96 bits per heavy atom. The number of ether oxygens (including phenoxy) is 1. The number of aromatic nitrogens is 2. The van der Waals surface area contributed by atoms with Crippen molar-refractivity contribution >= 4 is 0 Å². The van der Waals surface area contributed by atoms with Crippen molar-refractivity contribution in [3.63, 3.8) is 0 Å². The highest BCUT2D eigenvalue weighted by atomic mass is 16.5. The summed E-state index contributed by atoms with van der Waals surface area (Å²) < 4.78 is 5.53. The Balaban J connectivity index is 2.26. The van der Waals surface area contributed by atoms with Gasteiger partial charge in [0.05, 0.1) is 11.5 Å². The molecule has 1 aliphatic rings. The number of phenolic OH excluding ortho intramolecular Hbond substituents is 1. The fraction of sp³-hybridized carbons (Fsp3) is 0.294. The zero-order valence-corrected chi connectivity index (χ0v) is 13.2. The number of hydrogen-bond donors (Lipinski definition) is 3. The number of phenols is 1. The molecule has 1 atom stereocenters. The van der Waals surface area contributed by atoms with Crippen LogP contribution in [-0.4, -0.2) is 15.3 Å². The van der Waals surface area contributed by atoms with E-state index in [2.05, 4.69) is 37.0 Å². The number of aromatic hydroxyl groups is 1. The lowest BCUT2D eigenvalue weighted by Gasteiger charge is -2.27. The highest BCUT2D eigenvalue weighted by molar-refractivity contribution is 5.56. The maximum absolute atomic E-state index is 9.56. The van der Waals surface area contributed by atoms with E-state index in [4.69, 9.17) is 10.5 Å². The fourth-order valence-corrected chi connectivity index (χ4v) is 2.82. The maximum Gasteiger partial charge on any atom is 0.244 e. The monoisotopic (exact) mass is 310 g/mol. The van der Waals surface area contributed by atoms with Gasteiger partial charge in [-0.05, 0) is 17.7 Å². The topological polar surface area (TPSA) is 108 Å². The van der Waals surface area contributed by atoms with Gasteiger partial charge in [0.25, 0.3) is 0 Å². The number of allylic oxidation sites excluding steroid dienone is 1. The van der Waals surface area contributed by atoms with Crippen molar-refractivity contribution in [1.29, 1.82) is 5.26 Å². The molecule has 0 aliphatic carbocycles. The predicted octanol–water partition coefficient (Wildman–Crippen LogP) is 2.63. The minimum Gasteiger partial charge on any atom is -0.508 e. The molecule has 0 saturated carbocycles. The van der Waals surface area contributed by atoms with E-state index in [0.717, 1.165) is 16.8 Å². The number of rotatable bonds is 1. The van der Waals surface area contributed by atoms with Gasteiger partial charge in [-0.1, -0.05) is 32.9 Å². The quantitative estimate of drug-likeness (QED) is 0.750. The summed E-state index contributed by atoms with van der Waals surface area (Å²) in [7, 11) is 0. The zero-order valence-electron chi connectivity index (χ0n) is 13.2. The summed E-state index contributed by atoms with van der Waals surface area (Å²) in [5.74, 6) is 0.242. The first-order valence-electron chi connectivity index (χ1n) is 7.28. The fourth-order valence-electron chi connectivity index (χ4n) is 2.82. The third-order valence-corrected chi connectivity index (χ3v) is 3.92. The first-order chi connectivity index (χ1) is 10.8. The molecule has 3 rings (SSSR count). The molecule has 2 heterocycles. The zero-order chi connectivity index (χ0) is 16.8. The van der Waals surface area contributed by atoms with Crippen molar-refractivity contribution in [2.75, 3.05) is 0 Å². The molecule has 0 bridgehead atoms. The molecule has 0 radical (unpaired) electrons. The van der Waals surface area contributed by atoms with E-state index < -0.39 is 0 Å². The molecule has 6 heteroatoms. The average molecular weight is 310 g/mol. The largest absolute Gasteiger partial charge is 0.508 e. The van der Waals surface area contributed by atoms with Crippen LogP contribution in [0.1, 0.15) is 43.5 Å². The van der Waals surface area contributed by atoms with Gasteiger partial charge >= 0.3 is 0 Å². The summed E-state index contributed by atoms with van der Waals surface area (Å²) in [6.07, 6.45) is 0. The molecule has 118 valence electrons. The van der Waals surface area contributed by atoms with Gasteiger partial charge in [0.1, 0.15) is 17.4 Å². The van der Waals surface area contributed by atoms with Gasteiger partial charge < -0.3 is 15.6 Å². The highest BCUT2D eigenvalue weighted by Crippen LogP contribution is 2.45. The van der Waals surface area contributed by atoms with Crippen LogP contribution < -0.4 is 10.5 Å². The van der Waals surface area contributed by atoms with Crippen LogP contribution >= 0.6 is 0 Å². The van der Waals surface area contributed by atoms with E-state index in [1.807, 2.05) is 0 Å². The minimum atomic E-state index is -0.377. The smallest absolute Gasteiger partial charge is 0.244 e. The number of nitrogens with zero attached hydrogens (tertiary/aromatic N) is 2. The second-order valence-electron chi connectivity index (χ2n) is 6.58. The number of H-pyrrole nitrogens is 1. The number of nitrogens with one attached hydrogen (secondary N) is 1. The number of benzene rings is 1. The second kappa shape index (κ2) is 5.06. The molecule has 0 fully saturated rings. The van der Waals surface area contributed by atoms with Crippen LogP contribution in [0.15, 0.2) is 35.7 Å². The molecule has 2 aromatic rings. The molecule has 4 N–H and O–H groups in total. The molecule has 0 unspecified atom stereocenters. The summed E-state index contributed by atoms with van der Waals surface area (Å²) >= 11 is 0. The van der Waals surface area contributed by atoms with Crippen LogP contribution in [0.3, 0.4) is 0 Å². The molecule has 0 amide bonds. The first-order valence-corrected chi connectivity index (χ1v) is 7.28. The van der Waals surface area contributed by atoms with Gasteiger partial charge in [0.15, 0.2) is 0 Å². The second-order valence-corrected chi connectivity index (χ2v) is 6.58. The lowest BCUT2D eigenvalue weighted by molar-refractivity contribution is 0.378. The predicted molar refractivity (Wildman–Crippen MR) is 84.7 cm³/mol. The number of nitrogens with two attached hydrogens (primary N) is 1. The first kappa shape index (κ1) is 15.0. The number of hydrogen-bond acceptors (Lipinski definition) is 5. The van der Waals surface area contributed by atoms with E-state index in [1.54, 1.807) is 24.3 Å². The van der Waals surface area contributed by atoms with Crippen LogP contribution in [0, 0.1) is 11.3 Å². The van der Waals surface area contributed by atoms with Gasteiger partial charge in [-0.2, -0.15) is 5.26 Å². The third kappa shape index (κ3) is 2.40. The molecule has 0 spiro atoms. The molecule has 23 heavy (non-hydrogen) atoms. The van der Waals surface area contributed by atoms with Crippen molar-refractivity contribution < 1.29 is 9.84 Å². The molecule has 1 aromatic heterocycles. The third-order valence-electron chi connectivity index (χ3n) is 3.92. The molecule has 1 aliphatic heterocycles. The standard InChI is InChI=1S/C17H18N4O2/c1-17(2,3)14-13-12(9-4-6-10(22)7-5-9)11(8-18)15(19)23-16(13)21-20-14/h4-7,12,22H,19H2,1-3H3,(H,20,21)/t12-/m0/s1. The normalized spacial score (nSPS) is 17.4. The van der Waals surface area contributed by atoms with Crippen LogP contribution in [0.4, 0.5) is 0 Å². The van der Waals surface area contributed by atoms with E-state index in [1.165, 1.54) is 0 Å². The summed E-state index contributed by atoms with van der Waals surface area (Å²) in [5.41, 5.74) is 8.61. The number of nitriles is 1. The van der Waals surface area contributed by atoms with E-state index in [-0.39, 0.29) is 23.0 Å². The SMILES string of the molecule is CC(C)(C)c1[nH]nc2c1[C@@H](c1ccc(O)cc1)C(C#N)=C(N)O2. The molecular formula is C17H18N4O2. The van der Waals surface area contributed by atoms with Crippen molar-refractivity contribution in [3.8, 4) is 17.7 Å². The highest BCUT2D eigenvalue weighted by Gasteiger charge is 2.37. The Kier molecular flexibility index (Phi) is 3.29. The molecule has 0 saturated heterocycles. The van der Waals surface area contributed by atoms with Crippen molar-refractivity contribution in [3.05, 3.63) is 52.5 Å². The average Bonchev–Trinajstić information content (AvgIpc) is 2.90. The van der Waals surface area contributed by atoms with Crippen LogP contribution in [0.25, 0.3) is 0 Å². The summed E-state index contributed by atoms with van der Waals surface area (Å²) in [4.78, 5) is 0. The van der Waals surface area contributed by atoms with Gasteiger partial charge in [-0.3, -0.25) is 5.10 Å². The van der Waals surface area contributed by atoms with E-state index >= 15 is 0 Å². The van der Waals surface area contributed by atoms with Gasteiger partial charge in [-0.25, -0.2) is 0 Å². The Hall–Kier alpha value is -2.94. The maximum atomic E-state index is 9.56. The Morgan fingerprint density at radius 1 is 1.30 bits per heavy atom. The molecular weight excluding hydrogens is 292 g/mol. The van der Waals surface area contributed by atoms with Crippen LogP contribution in [0.2, 0.25) is 0 Å². The van der Waals surface area contributed by atoms with Gasteiger partial charge in [0.2, 0.25) is 11.8 Å². The van der Waals surface area contributed by atoms with Crippen molar-refractivity contribution in [1.82, 2.24) is 10.2 Å².